The number of fused-ring (bicyclic) bond motifs is 4. The molecule has 1 N–H and O–H groups in total. The summed E-state index contributed by atoms with van der Waals surface area (Å²) < 4.78 is 33.2. The number of nitrogens with one attached hydrogen (secondary N) is 1. The molecule has 2 aromatic carbocycles. The Bertz CT molecular complexity index is 1730. The van der Waals surface area contributed by atoms with Crippen LogP contribution in [0.5, 0.6) is 5.75 Å². The van der Waals surface area contributed by atoms with Crippen LogP contribution >= 0.6 is 11.6 Å². The van der Waals surface area contributed by atoms with E-state index in [1.807, 2.05) is 12.1 Å². The van der Waals surface area contributed by atoms with Gasteiger partial charge in [-0.1, -0.05) is 17.7 Å². The zero-order chi connectivity index (χ0) is 29.2. The molecule has 1 atom stereocenters. The number of carbonyl (C=O) groups is 3. The van der Waals surface area contributed by atoms with Gasteiger partial charge in [0, 0.05) is 51.9 Å². The standard InChI is InChI=1S/C29H28ClN5O6S/c30-19-1-3-20(4-2-19)42(39,40)35-15-18(13-31-35)14-33-11-9-29(10-12-33)17-41-26-22-16-34(24-7-8-25(36)32-27(24)37)28(38)21(22)5-6-23(26)29/h1-6,13,15,24H,7-12,14,16-17H2,(H,32,36,37). The van der Waals surface area contributed by atoms with Gasteiger partial charge in [-0.15, -0.1) is 0 Å². The molecule has 0 saturated carbocycles. The average Bonchev–Trinajstić information content (AvgIpc) is 3.67. The molecule has 0 radical (unpaired) electrons. The normalized spacial score (nSPS) is 21.8. The van der Waals surface area contributed by atoms with Crippen LogP contribution in [0.3, 0.4) is 0 Å². The van der Waals surface area contributed by atoms with E-state index in [4.69, 9.17) is 16.3 Å². The second-order valence-electron chi connectivity index (χ2n) is 11.4. The summed E-state index contributed by atoms with van der Waals surface area (Å²) in [6.07, 6.45) is 5.36. The first kappa shape index (κ1) is 27.1. The molecule has 0 aliphatic carbocycles. The Morgan fingerprint density at radius 1 is 1.07 bits per heavy atom. The van der Waals surface area contributed by atoms with Gasteiger partial charge in [-0.25, -0.2) is 0 Å². The highest BCUT2D eigenvalue weighted by molar-refractivity contribution is 7.89. The number of hydrogen-bond donors (Lipinski definition) is 1. The number of imide groups is 1. The molecule has 1 unspecified atom stereocenters. The van der Waals surface area contributed by atoms with Crippen molar-refractivity contribution in [1.29, 1.82) is 0 Å². The lowest BCUT2D eigenvalue weighted by molar-refractivity contribution is -0.136. The minimum absolute atomic E-state index is 0.120. The summed E-state index contributed by atoms with van der Waals surface area (Å²) in [4.78, 5) is 41.2. The Morgan fingerprint density at radius 2 is 1.83 bits per heavy atom. The molecule has 7 rings (SSSR count). The minimum Gasteiger partial charge on any atom is -0.492 e. The highest BCUT2D eigenvalue weighted by Crippen LogP contribution is 2.49. The second kappa shape index (κ2) is 9.92. The fourth-order valence-corrected chi connectivity index (χ4v) is 7.83. The molecule has 3 amide bonds. The van der Waals surface area contributed by atoms with Gasteiger partial charge < -0.3 is 9.64 Å². The van der Waals surface area contributed by atoms with E-state index < -0.39 is 22.0 Å². The Morgan fingerprint density at radius 3 is 2.57 bits per heavy atom. The minimum atomic E-state index is -3.81. The number of halogens is 1. The number of amides is 3. The molecule has 4 aliphatic heterocycles. The zero-order valence-corrected chi connectivity index (χ0v) is 24.2. The van der Waals surface area contributed by atoms with Gasteiger partial charge in [-0.3, -0.25) is 24.6 Å². The number of aromatic nitrogens is 2. The molecule has 42 heavy (non-hydrogen) atoms. The Balaban J connectivity index is 1.03. The molecule has 0 bridgehead atoms. The highest BCUT2D eigenvalue weighted by atomic mass is 35.5. The summed E-state index contributed by atoms with van der Waals surface area (Å²) >= 11 is 5.90. The molecule has 5 heterocycles. The first-order chi connectivity index (χ1) is 20.1. The van der Waals surface area contributed by atoms with E-state index in [0.717, 1.165) is 52.5 Å². The third-order valence-electron chi connectivity index (χ3n) is 8.92. The topological polar surface area (TPSA) is 131 Å². The van der Waals surface area contributed by atoms with Crippen LogP contribution in [0.2, 0.25) is 5.02 Å². The monoisotopic (exact) mass is 609 g/mol. The van der Waals surface area contributed by atoms with Crippen molar-refractivity contribution in [2.75, 3.05) is 19.7 Å². The number of piperidine rings is 2. The summed E-state index contributed by atoms with van der Waals surface area (Å²) in [5.74, 6) is -0.199. The lowest BCUT2D eigenvalue weighted by atomic mass is 9.74. The van der Waals surface area contributed by atoms with E-state index in [1.165, 1.54) is 24.3 Å². The van der Waals surface area contributed by atoms with Crippen LogP contribution < -0.4 is 10.1 Å². The maximum absolute atomic E-state index is 13.2. The van der Waals surface area contributed by atoms with Gasteiger partial charge in [-0.2, -0.15) is 17.6 Å². The van der Waals surface area contributed by atoms with Gasteiger partial charge in [-0.05, 0) is 62.7 Å². The summed E-state index contributed by atoms with van der Waals surface area (Å²) in [5, 5.41) is 6.92. The van der Waals surface area contributed by atoms with E-state index in [2.05, 4.69) is 15.3 Å². The lowest BCUT2D eigenvalue weighted by Gasteiger charge is -2.38. The summed E-state index contributed by atoms with van der Waals surface area (Å²) in [6.45, 7) is 2.96. The Hall–Kier alpha value is -3.74. The van der Waals surface area contributed by atoms with Gasteiger partial charge in [0.15, 0.2) is 0 Å². The van der Waals surface area contributed by atoms with Gasteiger partial charge in [0.1, 0.15) is 11.8 Å². The van der Waals surface area contributed by atoms with Crippen LogP contribution in [0.15, 0.2) is 53.7 Å². The third kappa shape index (κ3) is 4.40. The van der Waals surface area contributed by atoms with Crippen molar-refractivity contribution in [2.45, 2.75) is 55.1 Å². The number of benzene rings is 2. The average molecular weight is 610 g/mol. The van der Waals surface area contributed by atoms with Crippen molar-refractivity contribution in [2.24, 2.45) is 0 Å². The van der Waals surface area contributed by atoms with Gasteiger partial charge >= 0.3 is 0 Å². The smallest absolute Gasteiger partial charge is 0.282 e. The predicted octanol–water partition coefficient (Wildman–Crippen LogP) is 2.46. The molecule has 2 fully saturated rings. The molecule has 11 nitrogen and oxygen atoms in total. The third-order valence-corrected chi connectivity index (χ3v) is 10.7. The van der Waals surface area contributed by atoms with E-state index in [0.29, 0.717) is 30.2 Å². The van der Waals surface area contributed by atoms with Crippen molar-refractivity contribution >= 4 is 39.3 Å². The van der Waals surface area contributed by atoms with E-state index >= 15 is 0 Å². The summed E-state index contributed by atoms with van der Waals surface area (Å²) in [7, 11) is -3.81. The lowest BCUT2D eigenvalue weighted by Crippen LogP contribution is -2.52. The van der Waals surface area contributed by atoms with Crippen molar-refractivity contribution in [1.82, 2.24) is 24.3 Å². The fourth-order valence-electron chi connectivity index (χ4n) is 6.56. The molecule has 13 heteroatoms. The highest BCUT2D eigenvalue weighted by Gasteiger charge is 2.47. The van der Waals surface area contributed by atoms with Crippen molar-refractivity contribution < 1.29 is 27.5 Å². The number of ether oxygens (including phenoxy) is 1. The summed E-state index contributed by atoms with van der Waals surface area (Å²) in [5.41, 5.74) is 3.10. The first-order valence-electron chi connectivity index (χ1n) is 13.9. The van der Waals surface area contributed by atoms with Crippen molar-refractivity contribution in [3.05, 3.63) is 76.1 Å². The predicted molar refractivity (Wildman–Crippen MR) is 150 cm³/mol. The van der Waals surface area contributed by atoms with E-state index in [-0.39, 0.29) is 35.1 Å². The van der Waals surface area contributed by atoms with Gasteiger partial charge in [0.05, 0.1) is 24.2 Å². The number of carbonyl (C=O) groups excluding carboxylic acids is 3. The van der Waals surface area contributed by atoms with Crippen LogP contribution in [0.1, 0.15) is 52.7 Å². The number of hydrogen-bond acceptors (Lipinski definition) is 8. The molecule has 1 spiro atoms. The zero-order valence-electron chi connectivity index (χ0n) is 22.6. The van der Waals surface area contributed by atoms with Crippen LogP contribution in [0.4, 0.5) is 0 Å². The molecular formula is C29H28ClN5O6S. The van der Waals surface area contributed by atoms with E-state index in [9.17, 15) is 22.8 Å². The first-order valence-corrected chi connectivity index (χ1v) is 15.7. The van der Waals surface area contributed by atoms with Crippen molar-refractivity contribution in [3.8, 4) is 5.75 Å². The molecule has 3 aromatic rings. The number of rotatable bonds is 5. The number of likely N-dealkylation sites (tertiary alicyclic amines) is 1. The maximum Gasteiger partial charge on any atom is 0.282 e. The molecule has 2 saturated heterocycles. The van der Waals surface area contributed by atoms with Crippen LogP contribution in [-0.4, -0.2) is 70.9 Å². The molecular weight excluding hydrogens is 582 g/mol. The van der Waals surface area contributed by atoms with Crippen LogP contribution in [0.25, 0.3) is 0 Å². The number of nitrogens with zero attached hydrogens (tertiary/aromatic N) is 4. The fraction of sp³-hybridized carbons (Fsp3) is 0.379. The van der Waals surface area contributed by atoms with Crippen LogP contribution in [0, 0.1) is 0 Å². The van der Waals surface area contributed by atoms with Crippen molar-refractivity contribution in [3.63, 3.8) is 0 Å². The summed E-state index contributed by atoms with van der Waals surface area (Å²) in [6, 6.07) is 9.17. The van der Waals surface area contributed by atoms with Crippen LogP contribution in [-0.2, 0) is 38.1 Å². The largest absolute Gasteiger partial charge is 0.492 e. The molecule has 218 valence electrons. The van der Waals surface area contributed by atoms with E-state index in [1.54, 1.807) is 17.3 Å². The molecule has 4 aliphatic rings. The second-order valence-corrected chi connectivity index (χ2v) is 13.6. The molecule has 1 aromatic heterocycles. The maximum atomic E-state index is 13.2. The van der Waals surface area contributed by atoms with Gasteiger partial charge in [0.25, 0.3) is 15.9 Å². The van der Waals surface area contributed by atoms with Gasteiger partial charge in [0.2, 0.25) is 11.8 Å². The SMILES string of the molecule is O=C1CCC(N2Cc3c(ccc4c3OCC43CCN(Cc4cnn(S(=O)(=O)c5ccc(Cl)cc5)c4)CC3)C2=O)C(=O)N1. The Labute approximate surface area is 247 Å². The quantitative estimate of drug-likeness (QED) is 0.437. The Kier molecular flexibility index (Phi) is 6.41.